The van der Waals surface area contributed by atoms with E-state index in [9.17, 15) is 0 Å². The van der Waals surface area contributed by atoms with Gasteiger partial charge in [0.25, 0.3) is 6.01 Å². The third-order valence-corrected chi connectivity index (χ3v) is 4.93. The lowest BCUT2D eigenvalue weighted by molar-refractivity contribution is 0.446. The van der Waals surface area contributed by atoms with Crippen molar-refractivity contribution < 1.29 is 4.74 Å². The fourth-order valence-electron chi connectivity index (χ4n) is 3.11. The fourth-order valence-corrected chi connectivity index (χ4v) is 3.41. The molecule has 0 radical (unpaired) electrons. The number of aryl methyl sites for hydroxylation is 1. The molecule has 1 aliphatic carbocycles. The van der Waals surface area contributed by atoms with Crippen molar-refractivity contribution in [3.8, 4) is 23.6 Å². The molecule has 2 atom stereocenters. The van der Waals surface area contributed by atoms with Gasteiger partial charge in [0.2, 0.25) is 0 Å². The van der Waals surface area contributed by atoms with Crippen LogP contribution in [0.15, 0.2) is 54.6 Å². The van der Waals surface area contributed by atoms with Gasteiger partial charge >= 0.3 is 0 Å². The molecule has 0 saturated carbocycles. The predicted molar refractivity (Wildman–Crippen MR) is 104 cm³/mol. The van der Waals surface area contributed by atoms with Gasteiger partial charge in [-0.1, -0.05) is 42.2 Å². The molecule has 0 bridgehead atoms. The Balaban J connectivity index is 1.51. The van der Waals surface area contributed by atoms with Gasteiger partial charge in [0.1, 0.15) is 5.75 Å². The van der Waals surface area contributed by atoms with Crippen LogP contribution in [0.2, 0.25) is 0 Å². The Morgan fingerprint density at radius 3 is 2.77 bits per heavy atom. The van der Waals surface area contributed by atoms with Gasteiger partial charge in [-0.25, -0.2) is 0 Å². The summed E-state index contributed by atoms with van der Waals surface area (Å²) < 4.78 is 5.87. The molecule has 3 aromatic rings. The number of aromatic nitrogens is 2. The summed E-state index contributed by atoms with van der Waals surface area (Å²) >= 11 is 6.57. The van der Waals surface area contributed by atoms with E-state index in [1.54, 1.807) is 0 Å². The average Bonchev–Trinajstić information content (AvgIpc) is 3.01. The molecule has 2 aromatic carbocycles. The number of alkyl halides is 1. The van der Waals surface area contributed by atoms with E-state index in [1.165, 1.54) is 0 Å². The first-order valence-electron chi connectivity index (χ1n) is 8.70. The SMILES string of the molecule is Cc1cccc(Oc2nc3c([nH]2)CC(C#Cc2ccccc2)C(Cl)C3)c1. The van der Waals surface area contributed by atoms with Gasteiger partial charge in [-0.3, -0.25) is 0 Å². The van der Waals surface area contributed by atoms with Gasteiger partial charge < -0.3 is 9.72 Å². The maximum absolute atomic E-state index is 6.57. The Kier molecular flexibility index (Phi) is 4.69. The van der Waals surface area contributed by atoms with E-state index >= 15 is 0 Å². The smallest absolute Gasteiger partial charge is 0.299 e. The Morgan fingerprint density at radius 2 is 1.96 bits per heavy atom. The molecule has 0 aliphatic heterocycles. The normalized spacial score (nSPS) is 18.5. The van der Waals surface area contributed by atoms with Gasteiger partial charge in [0.05, 0.1) is 11.1 Å². The molecule has 0 amide bonds. The zero-order chi connectivity index (χ0) is 17.9. The van der Waals surface area contributed by atoms with E-state index in [0.29, 0.717) is 12.4 Å². The van der Waals surface area contributed by atoms with Crippen molar-refractivity contribution in [2.24, 2.45) is 5.92 Å². The van der Waals surface area contributed by atoms with Gasteiger partial charge in [-0.2, -0.15) is 4.98 Å². The van der Waals surface area contributed by atoms with Crippen molar-refractivity contribution in [2.45, 2.75) is 25.1 Å². The van der Waals surface area contributed by atoms with Crippen molar-refractivity contribution in [3.63, 3.8) is 0 Å². The van der Waals surface area contributed by atoms with Crippen LogP contribution in [0, 0.1) is 24.7 Å². The van der Waals surface area contributed by atoms with Crippen molar-refractivity contribution >= 4 is 11.6 Å². The van der Waals surface area contributed by atoms with Gasteiger partial charge in [0, 0.05) is 30.0 Å². The Bertz CT molecular complexity index is 969. The fraction of sp³-hybridized carbons (Fsp3) is 0.227. The first-order chi connectivity index (χ1) is 12.7. The summed E-state index contributed by atoms with van der Waals surface area (Å²) in [5.41, 5.74) is 4.20. The molecule has 4 rings (SSSR count). The first-order valence-corrected chi connectivity index (χ1v) is 9.14. The molecule has 130 valence electrons. The summed E-state index contributed by atoms with van der Waals surface area (Å²) in [6.45, 7) is 2.04. The lowest BCUT2D eigenvalue weighted by Gasteiger charge is -2.21. The number of hydrogen-bond donors (Lipinski definition) is 1. The molecule has 1 heterocycles. The van der Waals surface area contributed by atoms with E-state index in [-0.39, 0.29) is 11.3 Å². The lowest BCUT2D eigenvalue weighted by atomic mass is 9.89. The molecule has 0 saturated heterocycles. The molecular formula is C22H19ClN2O. The second-order valence-electron chi connectivity index (χ2n) is 6.55. The molecule has 0 spiro atoms. The Hall–Kier alpha value is -2.70. The molecule has 0 fully saturated rings. The summed E-state index contributed by atoms with van der Waals surface area (Å²) in [7, 11) is 0. The Labute approximate surface area is 158 Å². The number of imidazole rings is 1. The number of aromatic amines is 1. The maximum Gasteiger partial charge on any atom is 0.299 e. The van der Waals surface area contributed by atoms with E-state index in [2.05, 4.69) is 21.8 Å². The number of rotatable bonds is 2. The maximum atomic E-state index is 6.57. The lowest BCUT2D eigenvalue weighted by Crippen LogP contribution is -2.24. The number of halogens is 1. The minimum atomic E-state index is -0.0474. The Morgan fingerprint density at radius 1 is 1.12 bits per heavy atom. The number of fused-ring (bicyclic) bond motifs is 1. The van der Waals surface area contributed by atoms with Crippen LogP contribution in [0.1, 0.15) is 22.5 Å². The number of nitrogens with one attached hydrogen (secondary N) is 1. The summed E-state index contributed by atoms with van der Waals surface area (Å²) in [4.78, 5) is 7.86. The highest BCUT2D eigenvalue weighted by Gasteiger charge is 2.29. The van der Waals surface area contributed by atoms with Crippen LogP contribution in [-0.2, 0) is 12.8 Å². The van der Waals surface area contributed by atoms with Crippen LogP contribution in [0.25, 0.3) is 0 Å². The molecule has 4 heteroatoms. The van der Waals surface area contributed by atoms with Crippen molar-refractivity contribution in [1.29, 1.82) is 0 Å². The monoisotopic (exact) mass is 362 g/mol. The van der Waals surface area contributed by atoms with Crippen LogP contribution >= 0.6 is 11.6 Å². The molecular weight excluding hydrogens is 344 g/mol. The van der Waals surface area contributed by atoms with E-state index in [4.69, 9.17) is 16.3 Å². The first kappa shape index (κ1) is 16.8. The minimum absolute atomic E-state index is 0.0474. The summed E-state index contributed by atoms with van der Waals surface area (Å²) in [5, 5.41) is -0.0474. The van der Waals surface area contributed by atoms with Gasteiger partial charge in [-0.05, 0) is 36.8 Å². The van der Waals surface area contributed by atoms with E-state index in [0.717, 1.165) is 34.7 Å². The van der Waals surface area contributed by atoms with Crippen molar-refractivity contribution in [3.05, 3.63) is 77.1 Å². The predicted octanol–water partition coefficient (Wildman–Crippen LogP) is 4.88. The van der Waals surface area contributed by atoms with E-state index < -0.39 is 0 Å². The number of ether oxygens (including phenoxy) is 1. The molecule has 26 heavy (non-hydrogen) atoms. The largest absolute Gasteiger partial charge is 0.426 e. The molecule has 1 aromatic heterocycles. The summed E-state index contributed by atoms with van der Waals surface area (Å²) in [5.74, 6) is 7.42. The standard InChI is InChI=1S/C22H19ClN2O/c1-15-6-5-9-18(12-15)26-22-24-20-13-17(19(23)14-21(20)25-22)11-10-16-7-3-2-4-8-16/h2-9,12,17,19H,13-14H2,1H3,(H,24,25). The van der Waals surface area contributed by atoms with Crippen LogP contribution in [0.3, 0.4) is 0 Å². The molecule has 1 N–H and O–H groups in total. The highest BCUT2D eigenvalue weighted by atomic mass is 35.5. The van der Waals surface area contributed by atoms with E-state index in [1.807, 2.05) is 61.5 Å². The topological polar surface area (TPSA) is 37.9 Å². The third-order valence-electron chi connectivity index (χ3n) is 4.47. The van der Waals surface area contributed by atoms with Gasteiger partial charge in [-0.15, -0.1) is 11.6 Å². The quantitative estimate of drug-likeness (QED) is 0.521. The highest BCUT2D eigenvalue weighted by Crippen LogP contribution is 2.30. The third kappa shape index (κ3) is 3.76. The molecule has 3 nitrogen and oxygen atoms in total. The zero-order valence-electron chi connectivity index (χ0n) is 14.5. The molecule has 1 aliphatic rings. The van der Waals surface area contributed by atoms with Crippen LogP contribution < -0.4 is 4.74 Å². The number of benzene rings is 2. The van der Waals surface area contributed by atoms with Crippen LogP contribution in [0.4, 0.5) is 0 Å². The summed E-state index contributed by atoms with van der Waals surface area (Å²) in [6.07, 6.45) is 1.45. The minimum Gasteiger partial charge on any atom is -0.426 e. The highest BCUT2D eigenvalue weighted by molar-refractivity contribution is 6.21. The summed E-state index contributed by atoms with van der Waals surface area (Å²) in [6, 6.07) is 18.4. The van der Waals surface area contributed by atoms with Gasteiger partial charge in [0.15, 0.2) is 0 Å². The van der Waals surface area contributed by atoms with Crippen molar-refractivity contribution in [2.75, 3.05) is 0 Å². The van der Waals surface area contributed by atoms with Crippen molar-refractivity contribution in [1.82, 2.24) is 9.97 Å². The number of hydrogen-bond acceptors (Lipinski definition) is 2. The second-order valence-corrected chi connectivity index (χ2v) is 7.11. The van der Waals surface area contributed by atoms with Crippen LogP contribution in [-0.4, -0.2) is 15.3 Å². The zero-order valence-corrected chi connectivity index (χ0v) is 15.3. The second kappa shape index (κ2) is 7.27. The van der Waals surface area contributed by atoms with Crippen LogP contribution in [0.5, 0.6) is 11.8 Å². The number of nitrogens with zero attached hydrogens (tertiary/aromatic N) is 1. The number of H-pyrrole nitrogens is 1. The molecule has 2 unspecified atom stereocenters. The average molecular weight is 363 g/mol.